The summed E-state index contributed by atoms with van der Waals surface area (Å²) >= 11 is 0. The standard InChI is InChI=1S/C14H18N2O2/c15-13(11-3-1-2-4-12(11)17)9-5-7-10(8-6-9)14(16)18/h1-4,9-10,15,17H,5-8H2,(H2,16,18)/p+1. The van der Waals surface area contributed by atoms with E-state index >= 15 is 0 Å². The molecule has 18 heavy (non-hydrogen) atoms. The van der Waals surface area contributed by atoms with Gasteiger partial charge in [0.05, 0.1) is 5.56 Å². The Hall–Kier alpha value is -1.84. The van der Waals surface area contributed by atoms with E-state index in [1.807, 2.05) is 12.1 Å². The zero-order valence-electron chi connectivity index (χ0n) is 10.3. The predicted octanol–water partition coefficient (Wildman–Crippen LogP) is 0.232. The number of hydrogen-bond acceptors (Lipinski definition) is 2. The Bertz CT molecular complexity index is 463. The molecule has 0 aromatic heterocycles. The lowest BCUT2D eigenvalue weighted by Crippen LogP contribution is -2.46. The topological polar surface area (TPSA) is 88.9 Å². The minimum atomic E-state index is -0.213. The zero-order valence-corrected chi connectivity index (χ0v) is 10.3. The molecule has 1 aliphatic carbocycles. The maximum atomic E-state index is 11.1. The largest absolute Gasteiger partial charge is 0.507 e. The molecule has 0 unspecified atom stereocenters. The summed E-state index contributed by atoms with van der Waals surface area (Å²) in [6.07, 6.45) is 3.28. The lowest BCUT2D eigenvalue weighted by molar-refractivity contribution is -0.125. The van der Waals surface area contributed by atoms with Gasteiger partial charge >= 0.3 is 0 Å². The van der Waals surface area contributed by atoms with E-state index in [4.69, 9.17) is 11.1 Å². The van der Waals surface area contributed by atoms with Crippen LogP contribution in [0.3, 0.4) is 0 Å². The second-order valence-corrected chi connectivity index (χ2v) is 4.92. The van der Waals surface area contributed by atoms with Gasteiger partial charge in [-0.2, -0.15) is 0 Å². The van der Waals surface area contributed by atoms with E-state index in [0.29, 0.717) is 5.56 Å². The van der Waals surface area contributed by atoms with Gasteiger partial charge in [0, 0.05) is 11.8 Å². The van der Waals surface area contributed by atoms with Crippen molar-refractivity contribution in [3.8, 4) is 5.75 Å². The monoisotopic (exact) mass is 247 g/mol. The summed E-state index contributed by atoms with van der Waals surface area (Å²) in [6, 6.07) is 7.09. The lowest BCUT2D eigenvalue weighted by atomic mass is 9.78. The number of primary amides is 1. The van der Waals surface area contributed by atoms with Crippen LogP contribution in [0.25, 0.3) is 0 Å². The molecule has 0 radical (unpaired) electrons. The molecule has 1 aromatic rings. The number of para-hydroxylation sites is 1. The number of aromatic hydroxyl groups is 1. The van der Waals surface area contributed by atoms with E-state index in [0.717, 1.165) is 31.4 Å². The van der Waals surface area contributed by atoms with E-state index in [-0.39, 0.29) is 23.5 Å². The first-order valence-electron chi connectivity index (χ1n) is 6.29. The second kappa shape index (κ2) is 5.21. The molecule has 1 amide bonds. The van der Waals surface area contributed by atoms with Crippen LogP contribution in [0.2, 0.25) is 0 Å². The van der Waals surface area contributed by atoms with Gasteiger partial charge in [0.25, 0.3) is 0 Å². The van der Waals surface area contributed by atoms with Crippen LogP contribution in [-0.4, -0.2) is 16.7 Å². The first-order chi connectivity index (χ1) is 8.59. The molecule has 96 valence electrons. The fourth-order valence-corrected chi connectivity index (χ4v) is 2.63. The molecule has 1 aliphatic rings. The molecular weight excluding hydrogens is 228 g/mol. The van der Waals surface area contributed by atoms with Gasteiger partial charge in [0.15, 0.2) is 5.71 Å². The van der Waals surface area contributed by atoms with Gasteiger partial charge in [-0.25, -0.2) is 0 Å². The van der Waals surface area contributed by atoms with Crippen molar-refractivity contribution >= 4 is 11.6 Å². The Kier molecular flexibility index (Phi) is 3.65. The van der Waals surface area contributed by atoms with E-state index < -0.39 is 0 Å². The van der Waals surface area contributed by atoms with Gasteiger partial charge in [-0.1, -0.05) is 12.1 Å². The van der Waals surface area contributed by atoms with Crippen LogP contribution in [0.15, 0.2) is 24.3 Å². The van der Waals surface area contributed by atoms with Gasteiger partial charge in [-0.3, -0.25) is 10.2 Å². The molecule has 1 aromatic carbocycles. The zero-order chi connectivity index (χ0) is 13.1. The van der Waals surface area contributed by atoms with E-state index in [2.05, 4.69) is 0 Å². The van der Waals surface area contributed by atoms with Gasteiger partial charge in [0.2, 0.25) is 5.91 Å². The highest BCUT2D eigenvalue weighted by Crippen LogP contribution is 2.31. The van der Waals surface area contributed by atoms with Crippen LogP contribution in [0.1, 0.15) is 31.2 Å². The highest BCUT2D eigenvalue weighted by molar-refractivity contribution is 6.00. The highest BCUT2D eigenvalue weighted by atomic mass is 16.3. The fraction of sp³-hybridized carbons (Fsp3) is 0.429. The molecule has 1 fully saturated rings. The first-order valence-corrected chi connectivity index (χ1v) is 6.29. The minimum absolute atomic E-state index is 0.0154. The SMILES string of the molecule is NC(=O)C1CCC(C(=[NH2+])c2ccccc2O)CC1. The molecule has 0 atom stereocenters. The Morgan fingerprint density at radius 1 is 1.17 bits per heavy atom. The highest BCUT2D eigenvalue weighted by Gasteiger charge is 2.30. The van der Waals surface area contributed by atoms with Crippen molar-refractivity contribution in [2.45, 2.75) is 25.7 Å². The Morgan fingerprint density at radius 2 is 1.72 bits per heavy atom. The number of carbonyl (C=O) groups is 1. The number of nitrogens with two attached hydrogens (primary N) is 2. The van der Waals surface area contributed by atoms with Crippen molar-refractivity contribution in [1.29, 1.82) is 0 Å². The minimum Gasteiger partial charge on any atom is -0.507 e. The lowest BCUT2D eigenvalue weighted by Gasteiger charge is -2.25. The van der Waals surface area contributed by atoms with Gasteiger partial charge in [0.1, 0.15) is 5.75 Å². The molecule has 2 rings (SSSR count). The first kappa shape index (κ1) is 12.6. The molecule has 0 bridgehead atoms. The third-order valence-electron chi connectivity index (χ3n) is 3.78. The molecule has 0 heterocycles. The summed E-state index contributed by atoms with van der Waals surface area (Å²) in [6.45, 7) is 0. The van der Waals surface area contributed by atoms with Crippen LogP contribution in [-0.2, 0) is 4.79 Å². The summed E-state index contributed by atoms with van der Waals surface area (Å²) < 4.78 is 0. The van der Waals surface area contributed by atoms with E-state index in [1.54, 1.807) is 12.1 Å². The average Bonchev–Trinajstić information content (AvgIpc) is 2.38. The molecule has 0 aliphatic heterocycles. The van der Waals surface area contributed by atoms with E-state index in [1.165, 1.54) is 0 Å². The number of rotatable bonds is 3. The summed E-state index contributed by atoms with van der Waals surface area (Å²) in [4.78, 5) is 11.1. The van der Waals surface area contributed by atoms with Crippen molar-refractivity contribution in [3.63, 3.8) is 0 Å². The van der Waals surface area contributed by atoms with Crippen molar-refractivity contribution in [2.75, 3.05) is 0 Å². The third kappa shape index (κ3) is 2.53. The second-order valence-electron chi connectivity index (χ2n) is 4.92. The molecular formula is C14H19N2O2+. The smallest absolute Gasteiger partial charge is 0.220 e. The van der Waals surface area contributed by atoms with Gasteiger partial charge in [-0.05, 0) is 37.8 Å². The quantitative estimate of drug-likeness (QED) is 0.668. The van der Waals surface area contributed by atoms with Crippen LogP contribution in [0.5, 0.6) is 5.75 Å². The number of phenols is 1. The molecule has 1 saturated carbocycles. The Balaban J connectivity index is 2.04. The number of hydrogen-bond donors (Lipinski definition) is 3. The fourth-order valence-electron chi connectivity index (χ4n) is 2.63. The van der Waals surface area contributed by atoms with Crippen LogP contribution >= 0.6 is 0 Å². The third-order valence-corrected chi connectivity index (χ3v) is 3.78. The van der Waals surface area contributed by atoms with Crippen molar-refractivity contribution in [3.05, 3.63) is 29.8 Å². The van der Waals surface area contributed by atoms with Crippen LogP contribution in [0.4, 0.5) is 0 Å². The van der Waals surface area contributed by atoms with Crippen molar-refractivity contribution < 1.29 is 15.3 Å². The average molecular weight is 247 g/mol. The van der Waals surface area contributed by atoms with Crippen LogP contribution < -0.4 is 11.1 Å². The number of carbonyl (C=O) groups excluding carboxylic acids is 1. The van der Waals surface area contributed by atoms with Crippen molar-refractivity contribution in [2.24, 2.45) is 17.6 Å². The van der Waals surface area contributed by atoms with Crippen molar-refractivity contribution in [1.82, 2.24) is 0 Å². The molecule has 0 spiro atoms. The maximum absolute atomic E-state index is 11.1. The molecule has 5 N–H and O–H groups in total. The Morgan fingerprint density at radius 3 is 2.28 bits per heavy atom. The summed E-state index contributed by atoms with van der Waals surface area (Å²) in [5.41, 5.74) is 6.73. The number of phenolic OH excluding ortho intramolecular Hbond substituents is 1. The van der Waals surface area contributed by atoms with Gasteiger partial charge < -0.3 is 10.8 Å². The predicted molar refractivity (Wildman–Crippen MR) is 68.8 cm³/mol. The maximum Gasteiger partial charge on any atom is 0.220 e. The molecule has 4 heteroatoms. The summed E-state index contributed by atoms with van der Waals surface area (Å²) in [5.74, 6) is 0.217. The number of benzene rings is 1. The van der Waals surface area contributed by atoms with Gasteiger partial charge in [-0.15, -0.1) is 0 Å². The normalized spacial score (nSPS) is 23.6. The molecule has 0 saturated heterocycles. The van der Waals surface area contributed by atoms with Crippen LogP contribution in [0, 0.1) is 11.8 Å². The van der Waals surface area contributed by atoms with E-state index in [9.17, 15) is 9.90 Å². The summed E-state index contributed by atoms with van der Waals surface area (Å²) in [5, 5.41) is 15.9. The number of amides is 1. The summed E-state index contributed by atoms with van der Waals surface area (Å²) in [7, 11) is 0. The Labute approximate surface area is 106 Å². The molecule has 4 nitrogen and oxygen atoms in total.